The Balaban J connectivity index is 2.24. The van der Waals surface area contributed by atoms with Crippen molar-refractivity contribution in [2.45, 2.75) is 32.2 Å². The van der Waals surface area contributed by atoms with E-state index in [-0.39, 0.29) is 23.2 Å². The number of rotatable bonds is 6. The second-order valence-electron chi connectivity index (χ2n) is 6.33. The molecule has 1 aliphatic carbocycles. The summed E-state index contributed by atoms with van der Waals surface area (Å²) in [5.74, 6) is -2.27. The van der Waals surface area contributed by atoms with Gasteiger partial charge in [-0.2, -0.15) is 0 Å². The molecule has 0 unspecified atom stereocenters. The number of carboxylic acid groups (broad SMARTS) is 1. The molecule has 2 amide bonds. The van der Waals surface area contributed by atoms with E-state index in [2.05, 4.69) is 15.4 Å². The lowest BCUT2D eigenvalue weighted by atomic mass is 10.1. The Kier molecular flexibility index (Phi) is 5.86. The van der Waals surface area contributed by atoms with Crippen LogP contribution in [-0.4, -0.2) is 43.6 Å². The lowest BCUT2D eigenvalue weighted by Gasteiger charge is -2.16. The maximum atomic E-state index is 12.6. The average Bonchev–Trinajstić information content (AvgIpc) is 2.95. The molecule has 0 spiro atoms. The van der Waals surface area contributed by atoms with E-state index in [0.717, 1.165) is 6.26 Å². The Morgan fingerprint density at radius 1 is 1.19 bits per heavy atom. The predicted molar refractivity (Wildman–Crippen MR) is 95.4 cm³/mol. The number of carbonyl (C=O) groups excluding carboxylic acids is 2. The molecule has 0 aliphatic heterocycles. The molecule has 0 radical (unpaired) electrons. The second kappa shape index (κ2) is 7.73. The van der Waals surface area contributed by atoms with E-state index in [4.69, 9.17) is 5.11 Å². The third-order valence-corrected chi connectivity index (χ3v) is 4.59. The van der Waals surface area contributed by atoms with Gasteiger partial charge < -0.3 is 15.7 Å². The molecule has 142 valence electrons. The summed E-state index contributed by atoms with van der Waals surface area (Å²) in [5.41, 5.74) is 0.462. The van der Waals surface area contributed by atoms with Crippen LogP contribution in [0.1, 0.15) is 36.5 Å². The quantitative estimate of drug-likeness (QED) is 0.577. The zero-order valence-corrected chi connectivity index (χ0v) is 15.2. The summed E-state index contributed by atoms with van der Waals surface area (Å²) in [6.07, 6.45) is 2.29. The minimum absolute atomic E-state index is 0.0421. The fourth-order valence-corrected chi connectivity index (χ4v) is 3.48. The molecule has 1 saturated carbocycles. The first-order chi connectivity index (χ1) is 12.0. The first-order valence-electron chi connectivity index (χ1n) is 7.98. The van der Waals surface area contributed by atoms with Gasteiger partial charge in [0.05, 0.1) is 23.4 Å². The molecule has 9 nitrogen and oxygen atoms in total. The number of benzene rings is 1. The fraction of sp³-hybridized carbons (Fsp3) is 0.438. The summed E-state index contributed by atoms with van der Waals surface area (Å²) < 4.78 is 25.3. The van der Waals surface area contributed by atoms with E-state index in [0.29, 0.717) is 24.9 Å². The Bertz CT molecular complexity index is 836. The van der Waals surface area contributed by atoms with E-state index in [9.17, 15) is 22.8 Å². The SMILES string of the molecule is CC(=O)Nc1ccc(NS(C)(=O)=O)c(C(=O)N[C@H]2CC[C@@H](C(=O)O)C2)c1. The molecule has 0 saturated heterocycles. The fourth-order valence-electron chi connectivity index (χ4n) is 2.90. The van der Waals surface area contributed by atoms with Crippen molar-refractivity contribution in [3.63, 3.8) is 0 Å². The summed E-state index contributed by atoms with van der Waals surface area (Å²) in [6.45, 7) is 1.31. The molecule has 4 N–H and O–H groups in total. The highest BCUT2D eigenvalue weighted by Gasteiger charge is 2.31. The Morgan fingerprint density at radius 2 is 1.88 bits per heavy atom. The smallest absolute Gasteiger partial charge is 0.306 e. The molecule has 2 rings (SSSR count). The number of carboxylic acids is 1. The molecule has 2 atom stereocenters. The highest BCUT2D eigenvalue weighted by molar-refractivity contribution is 7.92. The Labute approximate surface area is 151 Å². The largest absolute Gasteiger partial charge is 0.481 e. The number of sulfonamides is 1. The van der Waals surface area contributed by atoms with Crippen LogP contribution in [0, 0.1) is 5.92 Å². The van der Waals surface area contributed by atoms with Crippen molar-refractivity contribution in [1.29, 1.82) is 0 Å². The van der Waals surface area contributed by atoms with Crippen molar-refractivity contribution in [3.8, 4) is 0 Å². The van der Waals surface area contributed by atoms with E-state index in [1.54, 1.807) is 0 Å². The summed E-state index contributed by atoms with van der Waals surface area (Å²) in [5, 5.41) is 14.3. The van der Waals surface area contributed by atoms with Crippen LogP contribution in [0.2, 0.25) is 0 Å². The minimum Gasteiger partial charge on any atom is -0.481 e. The Hall–Kier alpha value is -2.62. The maximum absolute atomic E-state index is 12.6. The molecule has 1 aliphatic rings. The highest BCUT2D eigenvalue weighted by Crippen LogP contribution is 2.27. The van der Waals surface area contributed by atoms with E-state index in [1.165, 1.54) is 25.1 Å². The standard InChI is InChI=1S/C16H21N3O6S/c1-9(20)17-12-5-6-14(19-26(2,24)25)13(8-12)15(21)18-11-4-3-10(7-11)16(22)23/h5-6,8,10-11,19H,3-4,7H2,1-2H3,(H,17,20)(H,18,21)(H,22,23)/t10-,11+/m1/s1. The zero-order valence-electron chi connectivity index (χ0n) is 14.4. The normalized spacial score (nSPS) is 19.6. The van der Waals surface area contributed by atoms with Crippen LogP contribution in [0.5, 0.6) is 0 Å². The van der Waals surface area contributed by atoms with Crippen molar-refractivity contribution in [3.05, 3.63) is 23.8 Å². The topological polar surface area (TPSA) is 142 Å². The summed E-state index contributed by atoms with van der Waals surface area (Å²) in [7, 11) is -3.61. The molecular formula is C16H21N3O6S. The van der Waals surface area contributed by atoms with Gasteiger partial charge in [-0.15, -0.1) is 0 Å². The predicted octanol–water partition coefficient (Wildman–Crippen LogP) is 1.000. The van der Waals surface area contributed by atoms with Gasteiger partial charge in [0.15, 0.2) is 0 Å². The van der Waals surface area contributed by atoms with E-state index >= 15 is 0 Å². The number of amides is 2. The van der Waals surface area contributed by atoms with Crippen molar-refractivity contribution < 1.29 is 27.9 Å². The average molecular weight is 383 g/mol. The first kappa shape index (κ1) is 19.7. The first-order valence-corrected chi connectivity index (χ1v) is 9.87. The molecule has 10 heteroatoms. The maximum Gasteiger partial charge on any atom is 0.306 e. The monoisotopic (exact) mass is 383 g/mol. The van der Waals surface area contributed by atoms with Gasteiger partial charge in [0.2, 0.25) is 15.9 Å². The summed E-state index contributed by atoms with van der Waals surface area (Å²) in [6, 6.07) is 3.92. The molecule has 1 aromatic rings. The zero-order chi connectivity index (χ0) is 19.5. The number of hydrogen-bond donors (Lipinski definition) is 4. The van der Waals surface area contributed by atoms with Crippen molar-refractivity contribution >= 4 is 39.2 Å². The summed E-state index contributed by atoms with van der Waals surface area (Å²) >= 11 is 0. The number of aliphatic carboxylic acids is 1. The lowest BCUT2D eigenvalue weighted by Crippen LogP contribution is -2.34. The highest BCUT2D eigenvalue weighted by atomic mass is 32.2. The van der Waals surface area contributed by atoms with Crippen LogP contribution in [0.15, 0.2) is 18.2 Å². The van der Waals surface area contributed by atoms with E-state index in [1.807, 2.05) is 0 Å². The van der Waals surface area contributed by atoms with E-state index < -0.39 is 27.8 Å². The van der Waals surface area contributed by atoms with Gasteiger partial charge in [0, 0.05) is 18.7 Å². The molecule has 0 aromatic heterocycles. The number of nitrogens with one attached hydrogen (secondary N) is 3. The third kappa shape index (κ3) is 5.45. The molecule has 0 heterocycles. The number of hydrogen-bond acceptors (Lipinski definition) is 5. The van der Waals surface area contributed by atoms with Crippen LogP contribution in [-0.2, 0) is 19.6 Å². The second-order valence-corrected chi connectivity index (χ2v) is 8.08. The third-order valence-electron chi connectivity index (χ3n) is 4.00. The van der Waals surface area contributed by atoms with Gasteiger partial charge >= 0.3 is 5.97 Å². The van der Waals surface area contributed by atoms with Crippen molar-refractivity contribution in [2.75, 3.05) is 16.3 Å². The van der Waals surface area contributed by atoms with Gasteiger partial charge in [-0.05, 0) is 37.5 Å². The van der Waals surface area contributed by atoms with Gasteiger partial charge in [-0.25, -0.2) is 8.42 Å². The summed E-state index contributed by atoms with van der Waals surface area (Å²) in [4.78, 5) is 34.9. The molecule has 0 bridgehead atoms. The van der Waals surface area contributed by atoms with Crippen molar-refractivity contribution in [2.24, 2.45) is 5.92 Å². The number of carbonyl (C=O) groups is 3. The molecule has 1 fully saturated rings. The van der Waals surface area contributed by atoms with Crippen LogP contribution < -0.4 is 15.4 Å². The molecule has 1 aromatic carbocycles. The lowest BCUT2D eigenvalue weighted by molar-refractivity contribution is -0.141. The molecular weight excluding hydrogens is 362 g/mol. The van der Waals surface area contributed by atoms with Crippen LogP contribution in [0.3, 0.4) is 0 Å². The van der Waals surface area contributed by atoms with Gasteiger partial charge in [0.1, 0.15) is 0 Å². The van der Waals surface area contributed by atoms with Crippen LogP contribution >= 0.6 is 0 Å². The van der Waals surface area contributed by atoms with Crippen LogP contribution in [0.4, 0.5) is 11.4 Å². The van der Waals surface area contributed by atoms with Gasteiger partial charge in [-0.3, -0.25) is 19.1 Å². The molecule has 26 heavy (non-hydrogen) atoms. The van der Waals surface area contributed by atoms with Gasteiger partial charge in [0.25, 0.3) is 5.91 Å². The van der Waals surface area contributed by atoms with Crippen molar-refractivity contribution in [1.82, 2.24) is 5.32 Å². The van der Waals surface area contributed by atoms with Gasteiger partial charge in [-0.1, -0.05) is 0 Å². The van der Waals surface area contributed by atoms with Crippen LogP contribution in [0.25, 0.3) is 0 Å². The number of anilines is 2. The minimum atomic E-state index is -3.61. The Morgan fingerprint density at radius 3 is 2.42 bits per heavy atom.